The van der Waals surface area contributed by atoms with Gasteiger partial charge in [-0.15, -0.1) is 0 Å². The Hall–Kier alpha value is -2.04. The Bertz CT molecular complexity index is 905. The number of hydrogen-bond acceptors (Lipinski definition) is 3. The number of anilines is 2. The average Bonchev–Trinajstić information content (AvgIpc) is 2.56. The van der Waals surface area contributed by atoms with Gasteiger partial charge in [0.25, 0.3) is 0 Å². The first kappa shape index (κ1) is 20.3. The fourth-order valence-electron chi connectivity index (χ4n) is 2.02. The zero-order chi connectivity index (χ0) is 19.5. The standard InChI is InChI=1S/C16H16BrF2N3O3S/c1-21(2)26(24,25)22(13-6-4-12(18)5-7-13)10-16(23)20-15-8-3-11(17)9-14(15)19/h3-9H,10H2,1-2H3,(H,20,23). The van der Waals surface area contributed by atoms with Crippen molar-refractivity contribution in [1.82, 2.24) is 4.31 Å². The van der Waals surface area contributed by atoms with E-state index < -0.39 is 34.3 Å². The molecule has 0 aliphatic carbocycles. The van der Waals surface area contributed by atoms with Gasteiger partial charge < -0.3 is 5.32 Å². The summed E-state index contributed by atoms with van der Waals surface area (Å²) in [4.78, 5) is 12.3. The molecule has 0 aromatic heterocycles. The predicted molar refractivity (Wildman–Crippen MR) is 99.1 cm³/mol. The largest absolute Gasteiger partial charge is 0.322 e. The quantitative estimate of drug-likeness (QED) is 0.739. The molecule has 6 nitrogen and oxygen atoms in total. The monoisotopic (exact) mass is 447 g/mol. The minimum atomic E-state index is -4.03. The molecule has 2 aromatic carbocycles. The lowest BCUT2D eigenvalue weighted by molar-refractivity contribution is -0.114. The number of nitrogens with one attached hydrogen (secondary N) is 1. The highest BCUT2D eigenvalue weighted by Crippen LogP contribution is 2.22. The summed E-state index contributed by atoms with van der Waals surface area (Å²) >= 11 is 3.10. The molecule has 0 saturated carbocycles. The van der Waals surface area contributed by atoms with Crippen LogP contribution in [0.25, 0.3) is 0 Å². The van der Waals surface area contributed by atoms with E-state index in [9.17, 15) is 22.0 Å². The highest BCUT2D eigenvalue weighted by atomic mass is 79.9. The lowest BCUT2D eigenvalue weighted by Crippen LogP contribution is -2.44. The summed E-state index contributed by atoms with van der Waals surface area (Å²) in [5.74, 6) is -1.96. The highest BCUT2D eigenvalue weighted by molar-refractivity contribution is 9.10. The van der Waals surface area contributed by atoms with Crippen molar-refractivity contribution in [2.24, 2.45) is 0 Å². The van der Waals surface area contributed by atoms with Crippen molar-refractivity contribution in [1.29, 1.82) is 0 Å². The molecule has 0 unspecified atom stereocenters. The molecule has 10 heteroatoms. The Morgan fingerprint density at radius 1 is 1.12 bits per heavy atom. The average molecular weight is 448 g/mol. The minimum Gasteiger partial charge on any atom is -0.322 e. The van der Waals surface area contributed by atoms with Crippen molar-refractivity contribution in [3.05, 3.63) is 58.6 Å². The first-order chi connectivity index (χ1) is 12.1. The van der Waals surface area contributed by atoms with E-state index in [-0.39, 0.29) is 11.4 Å². The zero-order valence-electron chi connectivity index (χ0n) is 13.9. The van der Waals surface area contributed by atoms with Crippen molar-refractivity contribution in [2.75, 3.05) is 30.3 Å². The third kappa shape index (κ3) is 4.77. The molecule has 0 atom stereocenters. The topological polar surface area (TPSA) is 69.7 Å². The number of carbonyl (C=O) groups is 1. The number of hydrogen-bond donors (Lipinski definition) is 1. The molecule has 1 amide bonds. The molecule has 0 aliphatic rings. The van der Waals surface area contributed by atoms with Crippen molar-refractivity contribution in [2.45, 2.75) is 0 Å². The number of rotatable bonds is 6. The van der Waals surface area contributed by atoms with Gasteiger partial charge in [-0.3, -0.25) is 4.79 Å². The SMILES string of the molecule is CN(C)S(=O)(=O)N(CC(=O)Nc1ccc(Br)cc1F)c1ccc(F)cc1. The third-order valence-electron chi connectivity index (χ3n) is 3.35. The number of halogens is 3. The van der Waals surface area contributed by atoms with Gasteiger partial charge in [-0.05, 0) is 42.5 Å². The summed E-state index contributed by atoms with van der Waals surface area (Å²) in [7, 11) is -1.42. The second-order valence-corrected chi connectivity index (χ2v) is 8.43. The maximum Gasteiger partial charge on any atom is 0.304 e. The van der Waals surface area contributed by atoms with Crippen LogP contribution >= 0.6 is 15.9 Å². The van der Waals surface area contributed by atoms with Gasteiger partial charge in [-0.2, -0.15) is 12.7 Å². The molecule has 1 N–H and O–H groups in total. The van der Waals surface area contributed by atoms with Gasteiger partial charge in [0.2, 0.25) is 5.91 Å². The smallest absolute Gasteiger partial charge is 0.304 e. The molecule has 0 bridgehead atoms. The van der Waals surface area contributed by atoms with E-state index in [0.717, 1.165) is 20.7 Å². The van der Waals surface area contributed by atoms with Gasteiger partial charge in [0, 0.05) is 18.6 Å². The Labute approximate surface area is 158 Å². The first-order valence-corrected chi connectivity index (χ1v) is 9.51. The fraction of sp³-hybridized carbons (Fsp3) is 0.188. The minimum absolute atomic E-state index is 0.0838. The summed E-state index contributed by atoms with van der Waals surface area (Å²) in [6, 6.07) is 8.70. The second kappa shape index (κ2) is 8.11. The maximum atomic E-state index is 13.9. The van der Waals surface area contributed by atoms with Crippen LogP contribution in [0, 0.1) is 11.6 Å². The molecular formula is C16H16BrF2N3O3S. The Balaban J connectivity index is 2.28. The van der Waals surface area contributed by atoms with Crippen LogP contribution in [-0.2, 0) is 15.0 Å². The van der Waals surface area contributed by atoms with Crippen LogP contribution in [0.5, 0.6) is 0 Å². The molecule has 26 heavy (non-hydrogen) atoms. The van der Waals surface area contributed by atoms with Gasteiger partial charge in [0.1, 0.15) is 18.2 Å². The van der Waals surface area contributed by atoms with Gasteiger partial charge in [0.05, 0.1) is 11.4 Å². The van der Waals surface area contributed by atoms with Gasteiger partial charge in [0.15, 0.2) is 0 Å². The number of amides is 1. The molecule has 2 aromatic rings. The Kier molecular flexibility index (Phi) is 6.32. The van der Waals surface area contributed by atoms with Crippen molar-refractivity contribution >= 4 is 43.4 Å². The third-order valence-corrected chi connectivity index (χ3v) is 5.66. The van der Waals surface area contributed by atoms with E-state index >= 15 is 0 Å². The van der Waals surface area contributed by atoms with Gasteiger partial charge in [-0.1, -0.05) is 15.9 Å². The van der Waals surface area contributed by atoms with E-state index in [2.05, 4.69) is 21.2 Å². The van der Waals surface area contributed by atoms with Gasteiger partial charge >= 0.3 is 10.2 Å². The lowest BCUT2D eigenvalue weighted by atomic mass is 10.3. The highest BCUT2D eigenvalue weighted by Gasteiger charge is 2.27. The number of benzene rings is 2. The van der Waals surface area contributed by atoms with Gasteiger partial charge in [-0.25, -0.2) is 13.1 Å². The normalized spacial score (nSPS) is 11.5. The number of carbonyl (C=O) groups excluding carboxylic acids is 1. The summed E-state index contributed by atoms with van der Waals surface area (Å²) < 4.78 is 54.2. The van der Waals surface area contributed by atoms with Crippen LogP contribution in [0.3, 0.4) is 0 Å². The van der Waals surface area contributed by atoms with Crippen molar-refractivity contribution in [3.63, 3.8) is 0 Å². The van der Waals surface area contributed by atoms with Crippen LogP contribution in [-0.4, -0.2) is 39.3 Å². The van der Waals surface area contributed by atoms with E-state index in [1.165, 1.54) is 44.4 Å². The maximum absolute atomic E-state index is 13.9. The second-order valence-electron chi connectivity index (χ2n) is 5.45. The van der Waals surface area contributed by atoms with Crippen LogP contribution in [0.4, 0.5) is 20.2 Å². The molecule has 0 fully saturated rings. The molecule has 0 aliphatic heterocycles. The number of nitrogens with zero attached hydrogens (tertiary/aromatic N) is 2. The van der Waals surface area contributed by atoms with Crippen LogP contribution in [0.1, 0.15) is 0 Å². The molecule has 0 radical (unpaired) electrons. The van der Waals surface area contributed by atoms with E-state index in [4.69, 9.17) is 0 Å². The molecular weight excluding hydrogens is 432 g/mol. The summed E-state index contributed by atoms with van der Waals surface area (Å²) in [5, 5.41) is 2.33. The summed E-state index contributed by atoms with van der Waals surface area (Å²) in [6.45, 7) is -0.609. The van der Waals surface area contributed by atoms with E-state index in [1.807, 2.05) is 0 Å². The van der Waals surface area contributed by atoms with Crippen LogP contribution in [0.15, 0.2) is 46.9 Å². The fourth-order valence-corrected chi connectivity index (χ4v) is 3.42. The molecule has 140 valence electrons. The van der Waals surface area contributed by atoms with E-state index in [1.54, 1.807) is 0 Å². The summed E-state index contributed by atoms with van der Waals surface area (Å²) in [5.41, 5.74) is 0.0195. The summed E-state index contributed by atoms with van der Waals surface area (Å²) in [6.07, 6.45) is 0. The first-order valence-electron chi connectivity index (χ1n) is 7.32. The molecule has 0 saturated heterocycles. The van der Waals surface area contributed by atoms with E-state index in [0.29, 0.717) is 4.47 Å². The molecule has 0 spiro atoms. The van der Waals surface area contributed by atoms with Crippen LogP contribution in [0.2, 0.25) is 0 Å². The lowest BCUT2D eigenvalue weighted by Gasteiger charge is -2.27. The Morgan fingerprint density at radius 2 is 1.73 bits per heavy atom. The van der Waals surface area contributed by atoms with Crippen molar-refractivity contribution < 1.29 is 22.0 Å². The molecule has 0 heterocycles. The predicted octanol–water partition coefficient (Wildman–Crippen LogP) is 2.98. The zero-order valence-corrected chi connectivity index (χ0v) is 16.3. The Morgan fingerprint density at radius 3 is 2.27 bits per heavy atom. The molecule has 2 rings (SSSR count). The van der Waals surface area contributed by atoms with Crippen LogP contribution < -0.4 is 9.62 Å². The van der Waals surface area contributed by atoms with Crippen molar-refractivity contribution in [3.8, 4) is 0 Å².